The summed E-state index contributed by atoms with van der Waals surface area (Å²) in [4.78, 5) is 7.69. The van der Waals surface area contributed by atoms with Crippen LogP contribution in [-0.2, 0) is 0 Å². The van der Waals surface area contributed by atoms with Crippen LogP contribution in [0.5, 0.6) is 0 Å². The molecular formula is C10H14N2. The van der Waals surface area contributed by atoms with E-state index in [9.17, 15) is 0 Å². The quantitative estimate of drug-likeness (QED) is 0.613. The lowest BCUT2D eigenvalue weighted by atomic mass is 10.2. The highest BCUT2D eigenvalue weighted by atomic mass is 14.7. The molecule has 0 aliphatic carbocycles. The van der Waals surface area contributed by atoms with Gasteiger partial charge in [0.25, 0.3) is 0 Å². The minimum absolute atomic E-state index is 0.824. The van der Waals surface area contributed by atoms with Crippen molar-refractivity contribution < 1.29 is 0 Å². The minimum atomic E-state index is 0.824. The van der Waals surface area contributed by atoms with Crippen LogP contribution in [0.4, 0.5) is 5.69 Å². The lowest BCUT2D eigenvalue weighted by molar-refractivity contribution is 1.30. The third-order valence-corrected chi connectivity index (χ3v) is 1.22. The molecule has 0 saturated carbocycles. The Hall–Kier alpha value is -1.44. The summed E-state index contributed by atoms with van der Waals surface area (Å²) < 4.78 is 0. The van der Waals surface area contributed by atoms with E-state index < -0.39 is 0 Å². The molecule has 0 aliphatic rings. The zero-order valence-corrected chi connectivity index (χ0v) is 7.62. The Morgan fingerprint density at radius 3 is 2.58 bits per heavy atom. The van der Waals surface area contributed by atoms with Crippen molar-refractivity contribution in [3.05, 3.63) is 30.6 Å². The summed E-state index contributed by atoms with van der Waals surface area (Å²) in [7, 11) is 0. The SMILES string of the molecule is C=Cc1cnccc1N=C.CC. The molecule has 1 heterocycles. The second-order valence-corrected chi connectivity index (χ2v) is 1.80. The van der Waals surface area contributed by atoms with Gasteiger partial charge >= 0.3 is 0 Å². The smallest absolute Gasteiger partial charge is 0.0725 e. The van der Waals surface area contributed by atoms with E-state index in [0.717, 1.165) is 11.3 Å². The number of rotatable bonds is 2. The molecule has 1 aromatic rings. The predicted molar refractivity (Wildman–Crippen MR) is 54.9 cm³/mol. The summed E-state index contributed by atoms with van der Waals surface area (Å²) >= 11 is 0. The van der Waals surface area contributed by atoms with E-state index in [-0.39, 0.29) is 0 Å². The Morgan fingerprint density at radius 1 is 1.50 bits per heavy atom. The molecule has 64 valence electrons. The molecule has 0 amide bonds. The fourth-order valence-electron chi connectivity index (χ4n) is 0.701. The van der Waals surface area contributed by atoms with Gasteiger partial charge in [0.05, 0.1) is 5.69 Å². The molecule has 0 unspecified atom stereocenters. The summed E-state index contributed by atoms with van der Waals surface area (Å²) in [5, 5.41) is 0. The summed E-state index contributed by atoms with van der Waals surface area (Å²) in [5.41, 5.74) is 1.74. The van der Waals surface area contributed by atoms with Crippen molar-refractivity contribution in [3.63, 3.8) is 0 Å². The maximum Gasteiger partial charge on any atom is 0.0725 e. The number of hydrogen-bond donors (Lipinski definition) is 0. The number of aliphatic imine (C=N–C) groups is 1. The molecule has 0 atom stereocenters. The van der Waals surface area contributed by atoms with Crippen molar-refractivity contribution >= 4 is 18.5 Å². The van der Waals surface area contributed by atoms with Gasteiger partial charge in [0.2, 0.25) is 0 Å². The van der Waals surface area contributed by atoms with Crippen molar-refractivity contribution in [1.29, 1.82) is 0 Å². The normalized spacial score (nSPS) is 7.83. The van der Waals surface area contributed by atoms with E-state index in [0.29, 0.717) is 0 Å². The first-order chi connectivity index (χ1) is 5.88. The molecule has 0 aliphatic heterocycles. The molecule has 0 aromatic carbocycles. The van der Waals surface area contributed by atoms with Crippen LogP contribution in [0.15, 0.2) is 30.0 Å². The third kappa shape index (κ3) is 2.66. The molecule has 12 heavy (non-hydrogen) atoms. The number of aromatic nitrogens is 1. The second kappa shape index (κ2) is 6.28. The molecule has 0 N–H and O–H groups in total. The first-order valence-corrected chi connectivity index (χ1v) is 3.91. The van der Waals surface area contributed by atoms with E-state index in [2.05, 4.69) is 23.3 Å². The first-order valence-electron chi connectivity index (χ1n) is 3.91. The van der Waals surface area contributed by atoms with E-state index in [1.165, 1.54) is 0 Å². The average molecular weight is 162 g/mol. The molecule has 0 fully saturated rings. The zero-order valence-electron chi connectivity index (χ0n) is 7.62. The Labute approximate surface area is 73.7 Å². The molecule has 0 radical (unpaired) electrons. The molecule has 2 nitrogen and oxygen atoms in total. The highest BCUT2D eigenvalue weighted by molar-refractivity contribution is 5.63. The van der Waals surface area contributed by atoms with Crippen LogP contribution >= 0.6 is 0 Å². The highest BCUT2D eigenvalue weighted by Gasteiger charge is 1.91. The molecule has 0 spiro atoms. The highest BCUT2D eigenvalue weighted by Crippen LogP contribution is 2.16. The number of nitrogens with zero attached hydrogens (tertiary/aromatic N) is 2. The van der Waals surface area contributed by atoms with Crippen molar-refractivity contribution in [3.8, 4) is 0 Å². The zero-order chi connectivity index (χ0) is 9.40. The second-order valence-electron chi connectivity index (χ2n) is 1.80. The first kappa shape index (κ1) is 10.6. The number of pyridine rings is 1. The van der Waals surface area contributed by atoms with Crippen molar-refractivity contribution in [2.24, 2.45) is 4.99 Å². The van der Waals surface area contributed by atoms with Crippen LogP contribution in [-0.4, -0.2) is 11.7 Å². The van der Waals surface area contributed by atoms with Crippen LogP contribution in [0.25, 0.3) is 6.08 Å². The maximum absolute atomic E-state index is 3.91. The molecule has 1 aromatic heterocycles. The minimum Gasteiger partial charge on any atom is -0.264 e. The summed E-state index contributed by atoms with van der Waals surface area (Å²) in [6, 6.07) is 1.80. The Kier molecular flexibility index (Phi) is 5.53. The van der Waals surface area contributed by atoms with Crippen molar-refractivity contribution in [2.45, 2.75) is 13.8 Å². The van der Waals surface area contributed by atoms with Gasteiger partial charge in [-0.1, -0.05) is 26.5 Å². The van der Waals surface area contributed by atoms with E-state index in [1.807, 2.05) is 13.8 Å². The van der Waals surface area contributed by atoms with Gasteiger partial charge in [0.15, 0.2) is 0 Å². The lowest BCUT2D eigenvalue weighted by Gasteiger charge is -1.95. The van der Waals surface area contributed by atoms with Gasteiger partial charge in [0, 0.05) is 18.0 Å². The van der Waals surface area contributed by atoms with E-state index >= 15 is 0 Å². The Balaban J connectivity index is 0.000000561. The molecule has 2 heteroatoms. The fraction of sp³-hybridized carbons (Fsp3) is 0.200. The van der Waals surface area contributed by atoms with Crippen LogP contribution in [0, 0.1) is 0 Å². The van der Waals surface area contributed by atoms with Gasteiger partial charge in [-0.2, -0.15) is 0 Å². The van der Waals surface area contributed by atoms with E-state index in [1.54, 1.807) is 24.5 Å². The van der Waals surface area contributed by atoms with E-state index in [4.69, 9.17) is 0 Å². The molecular weight excluding hydrogens is 148 g/mol. The van der Waals surface area contributed by atoms with Crippen LogP contribution in [0.1, 0.15) is 19.4 Å². The summed E-state index contributed by atoms with van der Waals surface area (Å²) in [6.07, 6.45) is 5.09. The van der Waals surface area contributed by atoms with Crippen LogP contribution in [0.3, 0.4) is 0 Å². The molecule has 0 saturated heterocycles. The van der Waals surface area contributed by atoms with Gasteiger partial charge in [-0.3, -0.25) is 9.98 Å². The Bertz CT molecular complexity index is 227. The van der Waals surface area contributed by atoms with Crippen molar-refractivity contribution in [1.82, 2.24) is 4.98 Å². The summed E-state index contributed by atoms with van der Waals surface area (Å²) in [6.45, 7) is 11.0. The van der Waals surface area contributed by atoms with Gasteiger partial charge in [-0.15, -0.1) is 0 Å². The Morgan fingerprint density at radius 2 is 2.17 bits per heavy atom. The molecule has 0 bridgehead atoms. The van der Waals surface area contributed by atoms with Crippen LogP contribution in [0.2, 0.25) is 0 Å². The average Bonchev–Trinajstić information content (AvgIpc) is 2.20. The van der Waals surface area contributed by atoms with Gasteiger partial charge in [-0.25, -0.2) is 0 Å². The monoisotopic (exact) mass is 162 g/mol. The lowest BCUT2D eigenvalue weighted by Crippen LogP contribution is -1.74. The predicted octanol–water partition coefficient (Wildman–Crippen LogP) is 3.08. The topological polar surface area (TPSA) is 25.2 Å². The standard InChI is InChI=1S/C8H8N2.C2H6/c1-3-7-6-10-5-4-8(7)9-2;1-2/h3-6H,1-2H2;1-2H3. The largest absolute Gasteiger partial charge is 0.264 e. The fourth-order valence-corrected chi connectivity index (χ4v) is 0.701. The number of hydrogen-bond acceptors (Lipinski definition) is 2. The summed E-state index contributed by atoms with van der Waals surface area (Å²) in [5.74, 6) is 0. The molecule has 1 rings (SSSR count). The van der Waals surface area contributed by atoms with Gasteiger partial charge < -0.3 is 0 Å². The van der Waals surface area contributed by atoms with Crippen molar-refractivity contribution in [2.75, 3.05) is 0 Å². The maximum atomic E-state index is 3.91. The van der Waals surface area contributed by atoms with Gasteiger partial charge in [0.1, 0.15) is 0 Å². The van der Waals surface area contributed by atoms with Gasteiger partial charge in [-0.05, 0) is 12.8 Å². The van der Waals surface area contributed by atoms with Crippen LogP contribution < -0.4 is 0 Å². The third-order valence-electron chi connectivity index (χ3n) is 1.22.